The van der Waals surface area contributed by atoms with Gasteiger partial charge in [0.2, 0.25) is 0 Å². The third-order valence-electron chi connectivity index (χ3n) is 6.40. The first kappa shape index (κ1) is 20.2. The van der Waals surface area contributed by atoms with Crippen molar-refractivity contribution in [1.82, 2.24) is 0 Å². The number of thiophene rings is 1. The summed E-state index contributed by atoms with van der Waals surface area (Å²) in [7, 11) is 0. The van der Waals surface area contributed by atoms with Crippen LogP contribution in [-0.2, 0) is 0 Å². The number of nitrogens with zero attached hydrogens (tertiary/aromatic N) is 1. The Morgan fingerprint density at radius 2 is 1.38 bits per heavy atom. The zero-order chi connectivity index (χ0) is 22.0. The molecule has 2 aromatic heterocycles. The fourth-order valence-corrected chi connectivity index (χ4v) is 13.9. The first-order valence-corrected chi connectivity index (χ1v) is 19.4. The van der Waals surface area contributed by atoms with E-state index in [0.29, 0.717) is 16.7 Å². The van der Waals surface area contributed by atoms with Gasteiger partial charge in [-0.25, -0.2) is 0 Å². The van der Waals surface area contributed by atoms with Crippen molar-refractivity contribution in [3.8, 4) is 0 Å². The molecule has 0 saturated carbocycles. The fraction of sp³-hybridized carbons (Fsp3) is 0.0769. The monoisotopic (exact) mass is 563 g/mol. The number of hydrogen-bond acceptors (Lipinski definition) is 4. The standard InChI is InChI=1S/C26H19GeNO2SSe/c1-27(2)20-7-3-5-9-22(20)28(23-10-6-4-8-21(23)27)24-12-11-16(32-24)13-17-25(29)18-14-31-15-19(18)26(17)30/h3-15H,1-2H3. The number of carbonyl (C=O) groups is 2. The second kappa shape index (κ2) is 7.29. The third-order valence-corrected chi connectivity index (χ3v) is 16.7. The van der Waals surface area contributed by atoms with Crippen LogP contribution < -0.4 is 13.7 Å². The van der Waals surface area contributed by atoms with Crippen LogP contribution in [0.15, 0.2) is 77.0 Å². The van der Waals surface area contributed by atoms with Gasteiger partial charge in [-0.3, -0.25) is 0 Å². The van der Waals surface area contributed by atoms with E-state index in [4.69, 9.17) is 0 Å². The summed E-state index contributed by atoms with van der Waals surface area (Å²) in [6.45, 7) is 0. The second-order valence-corrected chi connectivity index (χ2v) is 20.7. The van der Waals surface area contributed by atoms with E-state index in [9.17, 15) is 9.59 Å². The Kier molecular flexibility index (Phi) is 4.60. The Bertz CT molecular complexity index is 1380. The Morgan fingerprint density at radius 1 is 0.812 bits per heavy atom. The van der Waals surface area contributed by atoms with Gasteiger partial charge < -0.3 is 0 Å². The van der Waals surface area contributed by atoms with Crippen LogP contribution in [0.2, 0.25) is 11.5 Å². The summed E-state index contributed by atoms with van der Waals surface area (Å²) >= 11 is -0.989. The van der Waals surface area contributed by atoms with Gasteiger partial charge in [-0.2, -0.15) is 0 Å². The van der Waals surface area contributed by atoms with Crippen LogP contribution >= 0.6 is 11.3 Å². The summed E-state index contributed by atoms with van der Waals surface area (Å²) in [6, 6.07) is 21.8. The summed E-state index contributed by atoms with van der Waals surface area (Å²) in [5.74, 6) is 4.65. The van der Waals surface area contributed by atoms with Gasteiger partial charge in [-0.1, -0.05) is 0 Å². The Balaban J connectivity index is 1.46. The fourth-order valence-electron chi connectivity index (χ4n) is 4.76. The molecule has 0 atom stereocenters. The molecule has 0 fully saturated rings. The van der Waals surface area contributed by atoms with Crippen LogP contribution in [0, 0.1) is 0 Å². The van der Waals surface area contributed by atoms with Gasteiger partial charge in [0, 0.05) is 0 Å². The molecule has 32 heavy (non-hydrogen) atoms. The van der Waals surface area contributed by atoms with Crippen LogP contribution in [-0.4, -0.2) is 39.3 Å². The van der Waals surface area contributed by atoms with Crippen LogP contribution in [0.1, 0.15) is 25.2 Å². The first-order valence-electron chi connectivity index (χ1n) is 10.4. The van der Waals surface area contributed by atoms with Crippen molar-refractivity contribution in [1.29, 1.82) is 0 Å². The van der Waals surface area contributed by atoms with Gasteiger partial charge >= 0.3 is 200 Å². The average molecular weight is 561 g/mol. The van der Waals surface area contributed by atoms with Crippen molar-refractivity contribution in [2.75, 3.05) is 4.90 Å². The number of allylic oxidation sites excluding steroid dienone is 1. The van der Waals surface area contributed by atoms with Crippen molar-refractivity contribution in [2.24, 2.45) is 0 Å². The number of carbonyl (C=O) groups excluding carboxylic acids is 2. The van der Waals surface area contributed by atoms with E-state index in [1.54, 1.807) is 10.8 Å². The van der Waals surface area contributed by atoms with Crippen LogP contribution in [0.5, 0.6) is 0 Å². The van der Waals surface area contributed by atoms with Crippen LogP contribution in [0.3, 0.4) is 0 Å². The summed E-state index contributed by atoms with van der Waals surface area (Å²) in [5.41, 5.74) is 3.97. The molecule has 0 spiro atoms. The molecule has 0 N–H and O–H groups in total. The molecule has 0 radical (unpaired) electrons. The van der Waals surface area contributed by atoms with E-state index in [1.807, 2.05) is 6.08 Å². The number of para-hydroxylation sites is 2. The quantitative estimate of drug-likeness (QED) is 0.199. The number of hydrogen-bond donors (Lipinski definition) is 0. The summed E-state index contributed by atoms with van der Waals surface area (Å²) < 4.78 is 5.26. The minimum atomic E-state index is -2.39. The van der Waals surface area contributed by atoms with E-state index < -0.39 is 13.3 Å². The van der Waals surface area contributed by atoms with E-state index in [2.05, 4.69) is 77.1 Å². The molecule has 0 saturated heterocycles. The molecule has 6 rings (SSSR count). The van der Waals surface area contributed by atoms with Gasteiger partial charge in [-0.05, 0) is 0 Å². The van der Waals surface area contributed by atoms with E-state index >= 15 is 0 Å². The molecule has 6 heteroatoms. The minimum absolute atomic E-state index is 0.00250. The third kappa shape index (κ3) is 2.85. The summed E-state index contributed by atoms with van der Waals surface area (Å²) in [5, 5.41) is 3.56. The molecule has 2 aliphatic rings. The van der Waals surface area contributed by atoms with Gasteiger partial charge in [-0.15, -0.1) is 0 Å². The van der Waals surface area contributed by atoms with Crippen molar-refractivity contribution >= 4 is 81.5 Å². The number of rotatable bonds is 2. The van der Waals surface area contributed by atoms with Gasteiger partial charge in [0.05, 0.1) is 0 Å². The topological polar surface area (TPSA) is 37.4 Å². The van der Waals surface area contributed by atoms with Gasteiger partial charge in [0.15, 0.2) is 0 Å². The predicted molar refractivity (Wildman–Crippen MR) is 136 cm³/mol. The van der Waals surface area contributed by atoms with E-state index in [0.717, 1.165) is 4.44 Å². The normalized spacial score (nSPS) is 16.1. The van der Waals surface area contributed by atoms with Crippen molar-refractivity contribution < 1.29 is 9.59 Å². The molecule has 3 nitrogen and oxygen atoms in total. The van der Waals surface area contributed by atoms with Crippen LogP contribution in [0.4, 0.5) is 15.9 Å². The molecule has 0 bridgehead atoms. The number of benzene rings is 2. The molecular weight excluding hydrogens is 542 g/mol. The summed E-state index contributed by atoms with van der Waals surface area (Å²) in [4.78, 5) is 27.8. The van der Waals surface area contributed by atoms with Gasteiger partial charge in [0.1, 0.15) is 0 Å². The number of ketones is 2. The Labute approximate surface area is 199 Å². The van der Waals surface area contributed by atoms with Gasteiger partial charge in [0.25, 0.3) is 0 Å². The zero-order valence-electron chi connectivity index (χ0n) is 17.6. The Hall–Kier alpha value is -2.44. The molecule has 2 aromatic carbocycles. The number of Topliss-reactive ketones (excluding diaryl/α,β-unsaturated/α-hetero) is 2. The Morgan fingerprint density at radius 3 is 1.97 bits per heavy atom. The maximum atomic E-state index is 12.7. The molecule has 1 aliphatic heterocycles. The number of fused-ring (bicyclic) bond motifs is 3. The van der Waals surface area contributed by atoms with Crippen molar-refractivity contribution in [3.63, 3.8) is 0 Å². The SMILES string of the molecule is [CH3][Ge]1([CH3])[c]2ccccc2N(c2ccc(C=C3C(=O)c4cscc4C3=O)[se]2)c2cccc[c]21. The second-order valence-electron chi connectivity index (χ2n) is 8.59. The molecule has 0 unspecified atom stereocenters. The van der Waals surface area contributed by atoms with E-state index in [-0.39, 0.29) is 26.1 Å². The molecule has 1 aliphatic carbocycles. The molecule has 156 valence electrons. The average Bonchev–Trinajstić information content (AvgIpc) is 3.51. The van der Waals surface area contributed by atoms with Crippen molar-refractivity contribution in [3.05, 3.63) is 92.6 Å². The molecule has 4 aromatic rings. The van der Waals surface area contributed by atoms with Crippen LogP contribution in [0.25, 0.3) is 6.08 Å². The number of anilines is 3. The first-order chi connectivity index (χ1) is 15.5. The zero-order valence-corrected chi connectivity index (χ0v) is 22.2. The van der Waals surface area contributed by atoms with E-state index in [1.165, 1.54) is 36.1 Å². The molecular formula is C26H19GeNO2SSe. The maximum absolute atomic E-state index is 12.7. The molecule has 0 amide bonds. The molecule has 3 heterocycles. The van der Waals surface area contributed by atoms with Crippen molar-refractivity contribution in [2.45, 2.75) is 11.5 Å². The summed E-state index contributed by atoms with van der Waals surface area (Å²) in [6.07, 6.45) is 1.82. The predicted octanol–water partition coefficient (Wildman–Crippen LogP) is 4.87.